The Labute approximate surface area is 78.9 Å². The van der Waals surface area contributed by atoms with E-state index in [9.17, 15) is 9.18 Å². The van der Waals surface area contributed by atoms with E-state index in [1.165, 1.54) is 0 Å². The molecule has 3 nitrogen and oxygen atoms in total. The van der Waals surface area contributed by atoms with Crippen molar-refractivity contribution in [1.29, 1.82) is 0 Å². The van der Waals surface area contributed by atoms with Gasteiger partial charge >= 0.3 is 0 Å². The van der Waals surface area contributed by atoms with Crippen LogP contribution in [0.3, 0.4) is 0 Å². The highest BCUT2D eigenvalue weighted by Crippen LogP contribution is 2.26. The highest BCUT2D eigenvalue weighted by Gasteiger charge is 2.13. The van der Waals surface area contributed by atoms with Gasteiger partial charge in [0.15, 0.2) is 5.78 Å². The lowest BCUT2D eigenvalue weighted by atomic mass is 10.1. The third-order valence-corrected chi connectivity index (χ3v) is 1.83. The minimum absolute atomic E-state index is 0.0711. The van der Waals surface area contributed by atoms with E-state index in [0.717, 1.165) is 12.1 Å². The van der Waals surface area contributed by atoms with Crippen LogP contribution in [0.2, 0.25) is 5.02 Å². The zero-order valence-electron chi connectivity index (χ0n) is 6.55. The fourth-order valence-electron chi connectivity index (χ4n) is 0.860. The topological polar surface area (TPSA) is 63.3 Å². The molecule has 3 N–H and O–H groups in total. The Morgan fingerprint density at radius 2 is 2.23 bits per heavy atom. The summed E-state index contributed by atoms with van der Waals surface area (Å²) in [4.78, 5) is 11.0. The molecule has 0 aliphatic heterocycles. The molecule has 0 aliphatic rings. The van der Waals surface area contributed by atoms with E-state index in [2.05, 4.69) is 0 Å². The first-order valence-corrected chi connectivity index (χ1v) is 3.85. The van der Waals surface area contributed by atoms with Gasteiger partial charge in [-0.1, -0.05) is 11.6 Å². The Balaban J connectivity index is 3.23. The zero-order chi connectivity index (χ0) is 10.0. The molecule has 1 aromatic carbocycles. The molecule has 0 aromatic heterocycles. The second-order valence-corrected chi connectivity index (χ2v) is 2.82. The number of hydrogen-bond donors (Lipinski definition) is 2. The van der Waals surface area contributed by atoms with Gasteiger partial charge in [0, 0.05) is 6.07 Å². The van der Waals surface area contributed by atoms with Crippen LogP contribution in [0.5, 0.6) is 5.75 Å². The van der Waals surface area contributed by atoms with Crippen LogP contribution in [-0.4, -0.2) is 17.4 Å². The summed E-state index contributed by atoms with van der Waals surface area (Å²) in [6.07, 6.45) is 0. The van der Waals surface area contributed by atoms with E-state index in [-0.39, 0.29) is 17.1 Å². The lowest BCUT2D eigenvalue weighted by molar-refractivity contribution is 0.0997. The summed E-state index contributed by atoms with van der Waals surface area (Å²) < 4.78 is 13.0. The molecule has 70 valence electrons. The van der Waals surface area contributed by atoms with Crippen molar-refractivity contribution in [3.05, 3.63) is 28.5 Å². The average Bonchev–Trinajstić information content (AvgIpc) is 2.10. The minimum atomic E-state index is -0.822. The second kappa shape index (κ2) is 3.72. The average molecular weight is 204 g/mol. The molecule has 0 heterocycles. The van der Waals surface area contributed by atoms with Gasteiger partial charge in [-0.15, -0.1) is 0 Å². The standard InChI is InChI=1S/C8H7ClFNO2/c9-5-1-4(8(13)3-11)6(10)2-7(5)12/h1-2,12H,3,11H2. The largest absolute Gasteiger partial charge is 0.506 e. The Hall–Kier alpha value is -1.13. The number of rotatable bonds is 2. The SMILES string of the molecule is NCC(=O)c1cc(Cl)c(O)cc1F. The maximum absolute atomic E-state index is 13.0. The molecule has 0 fully saturated rings. The molecule has 0 amide bonds. The van der Waals surface area contributed by atoms with Crippen molar-refractivity contribution < 1.29 is 14.3 Å². The lowest BCUT2D eigenvalue weighted by Gasteiger charge is -2.02. The van der Waals surface area contributed by atoms with E-state index in [1.807, 2.05) is 0 Å². The summed E-state index contributed by atoms with van der Waals surface area (Å²) in [6.45, 7) is -0.294. The van der Waals surface area contributed by atoms with Gasteiger partial charge in [0.2, 0.25) is 0 Å². The maximum atomic E-state index is 13.0. The van der Waals surface area contributed by atoms with Crippen LogP contribution >= 0.6 is 11.6 Å². The molecular formula is C8H7ClFNO2. The second-order valence-electron chi connectivity index (χ2n) is 2.41. The van der Waals surface area contributed by atoms with Gasteiger partial charge < -0.3 is 10.8 Å². The Bertz CT molecular complexity index is 354. The van der Waals surface area contributed by atoms with Crippen LogP contribution in [0.1, 0.15) is 10.4 Å². The van der Waals surface area contributed by atoms with E-state index in [0.29, 0.717) is 0 Å². The molecule has 1 aromatic rings. The fraction of sp³-hybridized carbons (Fsp3) is 0.125. The summed E-state index contributed by atoms with van der Waals surface area (Å²) in [7, 11) is 0. The zero-order valence-corrected chi connectivity index (χ0v) is 7.31. The monoisotopic (exact) mass is 203 g/mol. The van der Waals surface area contributed by atoms with Crippen LogP contribution < -0.4 is 5.73 Å². The number of halogens is 2. The number of hydrogen-bond acceptors (Lipinski definition) is 3. The number of phenolic OH excluding ortho intramolecular Hbond substituents is 1. The molecule has 0 saturated carbocycles. The predicted molar refractivity (Wildman–Crippen MR) is 46.5 cm³/mol. The summed E-state index contributed by atoms with van der Waals surface area (Å²) in [5, 5.41) is 8.89. The van der Waals surface area contributed by atoms with E-state index in [4.69, 9.17) is 22.4 Å². The molecule has 0 saturated heterocycles. The van der Waals surface area contributed by atoms with E-state index in [1.54, 1.807) is 0 Å². The number of ketones is 1. The van der Waals surface area contributed by atoms with Crippen molar-refractivity contribution in [3.8, 4) is 5.75 Å². The van der Waals surface area contributed by atoms with E-state index < -0.39 is 17.3 Å². The van der Waals surface area contributed by atoms with Gasteiger partial charge in [-0.25, -0.2) is 4.39 Å². The van der Waals surface area contributed by atoms with Gasteiger partial charge in [-0.2, -0.15) is 0 Å². The molecule has 0 aliphatic carbocycles. The summed E-state index contributed by atoms with van der Waals surface area (Å²) in [5.74, 6) is -1.77. The molecule has 0 spiro atoms. The number of aromatic hydroxyl groups is 1. The number of Topliss-reactive ketones (excluding diaryl/α,β-unsaturated/α-hetero) is 1. The van der Waals surface area contributed by atoms with Crippen LogP contribution in [0.15, 0.2) is 12.1 Å². The first-order chi connectivity index (χ1) is 6.06. The highest BCUT2D eigenvalue weighted by atomic mass is 35.5. The molecule has 0 radical (unpaired) electrons. The van der Waals surface area contributed by atoms with Gasteiger partial charge in [-0.05, 0) is 6.07 Å². The van der Waals surface area contributed by atoms with Crippen LogP contribution in [0.25, 0.3) is 0 Å². The van der Waals surface area contributed by atoms with E-state index >= 15 is 0 Å². The smallest absolute Gasteiger partial charge is 0.179 e. The third kappa shape index (κ3) is 1.96. The molecule has 13 heavy (non-hydrogen) atoms. The van der Waals surface area contributed by atoms with Gasteiger partial charge in [0.1, 0.15) is 11.6 Å². The minimum Gasteiger partial charge on any atom is -0.506 e. The first kappa shape index (κ1) is 9.95. The van der Waals surface area contributed by atoms with Crippen molar-refractivity contribution in [3.63, 3.8) is 0 Å². The van der Waals surface area contributed by atoms with Crippen LogP contribution in [-0.2, 0) is 0 Å². The quantitative estimate of drug-likeness (QED) is 0.713. The predicted octanol–water partition coefficient (Wildman–Crippen LogP) is 1.33. The van der Waals surface area contributed by atoms with Crippen molar-refractivity contribution >= 4 is 17.4 Å². The number of phenols is 1. The van der Waals surface area contributed by atoms with Crippen molar-refractivity contribution in [2.45, 2.75) is 0 Å². The molecule has 0 atom stereocenters. The number of carbonyl (C=O) groups excluding carboxylic acids is 1. The van der Waals surface area contributed by atoms with Crippen molar-refractivity contribution in [2.75, 3.05) is 6.54 Å². The molecular weight excluding hydrogens is 197 g/mol. The third-order valence-electron chi connectivity index (χ3n) is 1.52. The van der Waals surface area contributed by atoms with Gasteiger partial charge in [-0.3, -0.25) is 4.79 Å². The molecule has 5 heteroatoms. The fourth-order valence-corrected chi connectivity index (χ4v) is 1.02. The summed E-state index contributed by atoms with van der Waals surface area (Å²) in [6, 6.07) is 1.84. The molecule has 1 rings (SSSR count). The van der Waals surface area contributed by atoms with Crippen LogP contribution in [0, 0.1) is 5.82 Å². The molecule has 0 unspecified atom stereocenters. The Morgan fingerprint density at radius 1 is 1.62 bits per heavy atom. The Morgan fingerprint density at radius 3 is 2.77 bits per heavy atom. The number of nitrogens with two attached hydrogens (primary N) is 1. The summed E-state index contributed by atoms with van der Waals surface area (Å²) in [5.41, 5.74) is 4.84. The normalized spacial score (nSPS) is 10.1. The summed E-state index contributed by atoms with van der Waals surface area (Å²) >= 11 is 5.48. The number of carbonyl (C=O) groups is 1. The van der Waals surface area contributed by atoms with Gasteiger partial charge in [0.25, 0.3) is 0 Å². The Kier molecular flexibility index (Phi) is 2.85. The van der Waals surface area contributed by atoms with Gasteiger partial charge in [0.05, 0.1) is 17.1 Å². The first-order valence-electron chi connectivity index (χ1n) is 3.47. The maximum Gasteiger partial charge on any atom is 0.179 e. The van der Waals surface area contributed by atoms with Crippen molar-refractivity contribution in [2.24, 2.45) is 5.73 Å². The van der Waals surface area contributed by atoms with Crippen molar-refractivity contribution in [1.82, 2.24) is 0 Å². The lowest BCUT2D eigenvalue weighted by Crippen LogP contribution is -2.15. The highest BCUT2D eigenvalue weighted by molar-refractivity contribution is 6.32. The number of benzene rings is 1. The van der Waals surface area contributed by atoms with Crippen LogP contribution in [0.4, 0.5) is 4.39 Å². The molecule has 0 bridgehead atoms.